The van der Waals surface area contributed by atoms with Crippen LogP contribution in [0.1, 0.15) is 55.5 Å². The van der Waals surface area contributed by atoms with Crippen molar-refractivity contribution in [3.8, 4) is 5.75 Å². The first-order chi connectivity index (χ1) is 11.4. The van der Waals surface area contributed by atoms with E-state index in [1.807, 2.05) is 18.7 Å². The maximum absolute atomic E-state index is 13.0. The SMILES string of the molecule is CC1(C)COc2cc(C(=O)NO)ccc2CN1C(=O)C1CCCC1. The van der Waals surface area contributed by atoms with Crippen LogP contribution in [0.3, 0.4) is 0 Å². The van der Waals surface area contributed by atoms with E-state index >= 15 is 0 Å². The highest BCUT2D eigenvalue weighted by atomic mass is 16.5. The van der Waals surface area contributed by atoms with Crippen molar-refractivity contribution in [3.05, 3.63) is 29.3 Å². The van der Waals surface area contributed by atoms with Gasteiger partial charge in [0.15, 0.2) is 0 Å². The molecule has 0 bridgehead atoms. The normalized spacial score (nSPS) is 20.0. The van der Waals surface area contributed by atoms with Crippen LogP contribution in [0.15, 0.2) is 18.2 Å². The summed E-state index contributed by atoms with van der Waals surface area (Å²) in [6.45, 7) is 4.85. The molecule has 2 amide bonds. The Morgan fingerprint density at radius 3 is 2.67 bits per heavy atom. The van der Waals surface area contributed by atoms with Crippen molar-refractivity contribution < 1.29 is 19.5 Å². The number of amides is 2. The summed E-state index contributed by atoms with van der Waals surface area (Å²) >= 11 is 0. The van der Waals surface area contributed by atoms with Crippen molar-refractivity contribution in [1.29, 1.82) is 0 Å². The number of nitrogens with one attached hydrogen (secondary N) is 1. The Morgan fingerprint density at radius 1 is 1.29 bits per heavy atom. The standard InChI is InChI=1S/C18H24N2O4/c1-18(2)11-24-15-9-13(16(21)19-23)7-8-14(15)10-20(18)17(22)12-5-3-4-6-12/h7-9,12,23H,3-6,10-11H2,1-2H3,(H,19,21). The van der Waals surface area contributed by atoms with Crippen LogP contribution in [-0.4, -0.2) is 34.1 Å². The van der Waals surface area contributed by atoms with Crippen LogP contribution >= 0.6 is 0 Å². The summed E-state index contributed by atoms with van der Waals surface area (Å²) in [5, 5.41) is 8.77. The molecule has 0 aromatic heterocycles. The molecule has 1 aromatic carbocycles. The second-order valence-electron chi connectivity index (χ2n) is 7.27. The minimum absolute atomic E-state index is 0.116. The van der Waals surface area contributed by atoms with Gasteiger partial charge in [-0.25, -0.2) is 5.48 Å². The van der Waals surface area contributed by atoms with Gasteiger partial charge in [-0.15, -0.1) is 0 Å². The van der Waals surface area contributed by atoms with Crippen LogP contribution in [-0.2, 0) is 11.3 Å². The van der Waals surface area contributed by atoms with Gasteiger partial charge >= 0.3 is 0 Å². The summed E-state index contributed by atoms with van der Waals surface area (Å²) in [5.41, 5.74) is 2.41. The first kappa shape index (κ1) is 16.8. The average Bonchev–Trinajstić information content (AvgIpc) is 3.07. The zero-order chi connectivity index (χ0) is 17.3. The number of hydroxylamine groups is 1. The largest absolute Gasteiger partial charge is 0.491 e. The van der Waals surface area contributed by atoms with E-state index in [4.69, 9.17) is 9.94 Å². The first-order valence-corrected chi connectivity index (χ1v) is 8.44. The number of ether oxygens (including phenoxy) is 1. The van der Waals surface area contributed by atoms with Crippen molar-refractivity contribution in [2.45, 2.75) is 51.6 Å². The Labute approximate surface area is 141 Å². The van der Waals surface area contributed by atoms with Crippen molar-refractivity contribution in [1.82, 2.24) is 10.4 Å². The summed E-state index contributed by atoms with van der Waals surface area (Å²) in [6.07, 6.45) is 4.18. The maximum atomic E-state index is 13.0. The fourth-order valence-electron chi connectivity index (χ4n) is 3.51. The van der Waals surface area contributed by atoms with Gasteiger partial charge in [0.05, 0.1) is 5.54 Å². The van der Waals surface area contributed by atoms with Crippen LogP contribution < -0.4 is 10.2 Å². The van der Waals surface area contributed by atoms with E-state index in [2.05, 4.69) is 0 Å². The van der Waals surface area contributed by atoms with E-state index in [0.29, 0.717) is 24.5 Å². The lowest BCUT2D eigenvalue weighted by Gasteiger charge is -2.37. The second-order valence-corrected chi connectivity index (χ2v) is 7.27. The van der Waals surface area contributed by atoms with Gasteiger partial charge in [0.2, 0.25) is 5.91 Å². The topological polar surface area (TPSA) is 78.9 Å². The molecule has 0 unspecified atom stereocenters. The fraction of sp³-hybridized carbons (Fsp3) is 0.556. The Bertz CT molecular complexity index is 650. The van der Waals surface area contributed by atoms with E-state index in [9.17, 15) is 9.59 Å². The predicted molar refractivity (Wildman–Crippen MR) is 87.8 cm³/mol. The molecular formula is C18H24N2O4. The number of carbonyl (C=O) groups is 2. The molecule has 24 heavy (non-hydrogen) atoms. The smallest absolute Gasteiger partial charge is 0.274 e. The van der Waals surface area contributed by atoms with Gasteiger partial charge in [-0.3, -0.25) is 14.8 Å². The average molecular weight is 332 g/mol. The van der Waals surface area contributed by atoms with Crippen molar-refractivity contribution in [2.75, 3.05) is 6.61 Å². The molecule has 0 atom stereocenters. The molecule has 1 aromatic rings. The summed E-state index contributed by atoms with van der Waals surface area (Å²) in [5.74, 6) is 0.325. The Morgan fingerprint density at radius 2 is 2.00 bits per heavy atom. The second kappa shape index (κ2) is 6.43. The van der Waals surface area contributed by atoms with Crippen LogP contribution in [0.4, 0.5) is 0 Å². The van der Waals surface area contributed by atoms with Crippen LogP contribution in [0.5, 0.6) is 5.75 Å². The lowest BCUT2D eigenvalue weighted by molar-refractivity contribution is -0.142. The highest BCUT2D eigenvalue weighted by Gasteiger charge is 2.38. The molecule has 1 saturated carbocycles. The van der Waals surface area contributed by atoms with Gasteiger partial charge in [-0.1, -0.05) is 18.9 Å². The number of benzene rings is 1. The summed E-state index contributed by atoms with van der Waals surface area (Å²) in [4.78, 5) is 26.5. The zero-order valence-corrected chi connectivity index (χ0v) is 14.2. The minimum atomic E-state index is -0.580. The Hall–Kier alpha value is -2.08. The summed E-state index contributed by atoms with van der Waals surface area (Å²) in [7, 11) is 0. The molecule has 0 saturated heterocycles. The molecule has 1 aliphatic carbocycles. The number of fused-ring (bicyclic) bond motifs is 1. The van der Waals surface area contributed by atoms with Crippen molar-refractivity contribution in [3.63, 3.8) is 0 Å². The molecule has 2 aliphatic rings. The summed E-state index contributed by atoms with van der Waals surface area (Å²) in [6, 6.07) is 5.03. The number of carbonyl (C=O) groups excluding carboxylic acids is 2. The van der Waals surface area contributed by atoms with E-state index in [1.54, 1.807) is 23.7 Å². The third kappa shape index (κ3) is 3.11. The molecule has 0 spiro atoms. The molecule has 6 heteroatoms. The molecule has 1 aliphatic heterocycles. The Kier molecular flexibility index (Phi) is 4.49. The number of hydrogen-bond acceptors (Lipinski definition) is 4. The number of hydrogen-bond donors (Lipinski definition) is 2. The molecule has 3 rings (SSSR count). The molecule has 1 fully saturated rings. The highest BCUT2D eigenvalue weighted by Crippen LogP contribution is 2.34. The number of nitrogens with zero attached hydrogens (tertiary/aromatic N) is 1. The Balaban J connectivity index is 1.89. The van der Waals surface area contributed by atoms with Gasteiger partial charge in [-0.2, -0.15) is 0 Å². The monoisotopic (exact) mass is 332 g/mol. The van der Waals surface area contributed by atoms with Gasteiger partial charge in [0, 0.05) is 23.6 Å². The third-order valence-electron chi connectivity index (χ3n) is 5.04. The van der Waals surface area contributed by atoms with Gasteiger partial charge in [0.25, 0.3) is 5.91 Å². The third-order valence-corrected chi connectivity index (χ3v) is 5.04. The quantitative estimate of drug-likeness (QED) is 0.644. The van der Waals surface area contributed by atoms with Crippen molar-refractivity contribution >= 4 is 11.8 Å². The molecule has 1 heterocycles. The minimum Gasteiger partial charge on any atom is -0.491 e. The van der Waals surface area contributed by atoms with E-state index < -0.39 is 11.4 Å². The predicted octanol–water partition coefficient (Wildman–Crippen LogP) is 2.50. The molecule has 2 N–H and O–H groups in total. The molecule has 0 radical (unpaired) electrons. The lowest BCUT2D eigenvalue weighted by Crippen LogP contribution is -2.51. The van der Waals surface area contributed by atoms with Gasteiger partial charge in [-0.05, 0) is 38.8 Å². The van der Waals surface area contributed by atoms with Crippen LogP contribution in [0.2, 0.25) is 0 Å². The molecule has 6 nitrogen and oxygen atoms in total. The van der Waals surface area contributed by atoms with E-state index in [-0.39, 0.29) is 11.8 Å². The zero-order valence-electron chi connectivity index (χ0n) is 14.2. The van der Waals surface area contributed by atoms with Gasteiger partial charge < -0.3 is 9.64 Å². The maximum Gasteiger partial charge on any atom is 0.274 e. The van der Waals surface area contributed by atoms with Crippen LogP contribution in [0, 0.1) is 5.92 Å². The fourth-order valence-corrected chi connectivity index (χ4v) is 3.51. The van der Waals surface area contributed by atoms with E-state index in [1.165, 1.54) is 0 Å². The van der Waals surface area contributed by atoms with Crippen molar-refractivity contribution in [2.24, 2.45) is 5.92 Å². The van der Waals surface area contributed by atoms with Gasteiger partial charge in [0.1, 0.15) is 12.4 Å². The van der Waals surface area contributed by atoms with Crippen LogP contribution in [0.25, 0.3) is 0 Å². The highest BCUT2D eigenvalue weighted by molar-refractivity contribution is 5.93. The lowest BCUT2D eigenvalue weighted by atomic mass is 9.98. The summed E-state index contributed by atoms with van der Waals surface area (Å²) < 4.78 is 5.89. The molecule has 130 valence electrons. The number of rotatable bonds is 2. The molecular weight excluding hydrogens is 308 g/mol. The first-order valence-electron chi connectivity index (χ1n) is 8.44. The van der Waals surface area contributed by atoms with E-state index in [0.717, 1.165) is 31.2 Å².